The first-order chi connectivity index (χ1) is 10.6. The predicted octanol–water partition coefficient (Wildman–Crippen LogP) is 1.83. The van der Waals surface area contributed by atoms with Gasteiger partial charge in [0.1, 0.15) is 35.8 Å². The number of benzene rings is 1. The van der Waals surface area contributed by atoms with Crippen LogP contribution < -0.4 is 9.64 Å². The van der Waals surface area contributed by atoms with Crippen molar-refractivity contribution < 1.29 is 23.6 Å². The molecular weight excluding hydrogens is 282 g/mol. The minimum atomic E-state index is -0.337. The Morgan fingerprint density at radius 3 is 2.64 bits per heavy atom. The summed E-state index contributed by atoms with van der Waals surface area (Å²) in [5.41, 5.74) is 1.16. The predicted molar refractivity (Wildman–Crippen MR) is 84.7 cm³/mol. The van der Waals surface area contributed by atoms with Gasteiger partial charge in [-0.2, -0.15) is 0 Å². The molecule has 0 saturated carbocycles. The third-order valence-corrected chi connectivity index (χ3v) is 3.96. The van der Waals surface area contributed by atoms with Crippen LogP contribution >= 0.6 is 0 Å². The van der Waals surface area contributed by atoms with E-state index in [-0.39, 0.29) is 5.97 Å². The third-order valence-electron chi connectivity index (χ3n) is 3.96. The highest BCUT2D eigenvalue weighted by Gasteiger charge is 2.20. The molecular formula is C17H24NO4+. The Hall–Kier alpha value is -2.01. The van der Waals surface area contributed by atoms with Crippen LogP contribution in [0, 0.1) is 6.92 Å². The topological polar surface area (TPSA) is 53.1 Å². The molecule has 5 heteroatoms. The van der Waals surface area contributed by atoms with Crippen LogP contribution in [0.1, 0.15) is 30.0 Å². The Balaban J connectivity index is 2.15. The summed E-state index contributed by atoms with van der Waals surface area (Å²) in [6, 6.07) is 5.42. The molecule has 0 unspecified atom stereocenters. The first-order valence-electron chi connectivity index (χ1n) is 7.68. The molecule has 0 bridgehead atoms. The minimum absolute atomic E-state index is 0.337. The first kappa shape index (κ1) is 16.4. The molecule has 0 aliphatic carbocycles. The second kappa shape index (κ2) is 7.31. The quantitative estimate of drug-likeness (QED) is 0.793. The zero-order valence-corrected chi connectivity index (χ0v) is 13.7. The molecule has 2 rings (SSSR count). The Kier molecular flexibility index (Phi) is 5.44. The highest BCUT2D eigenvalue weighted by Crippen LogP contribution is 2.29. The monoisotopic (exact) mass is 306 g/mol. The van der Waals surface area contributed by atoms with E-state index in [4.69, 9.17) is 13.9 Å². The van der Waals surface area contributed by atoms with Crippen LogP contribution in [0.3, 0.4) is 0 Å². The van der Waals surface area contributed by atoms with Crippen molar-refractivity contribution in [3.8, 4) is 5.75 Å². The molecule has 2 aromatic rings. The van der Waals surface area contributed by atoms with E-state index in [0.717, 1.165) is 25.0 Å². The van der Waals surface area contributed by atoms with Crippen LogP contribution in [0.4, 0.5) is 0 Å². The van der Waals surface area contributed by atoms with Crippen molar-refractivity contribution in [3.63, 3.8) is 0 Å². The van der Waals surface area contributed by atoms with Crippen molar-refractivity contribution in [2.75, 3.05) is 33.4 Å². The Bertz CT molecular complexity index is 643. The third kappa shape index (κ3) is 3.42. The van der Waals surface area contributed by atoms with Crippen molar-refractivity contribution in [3.05, 3.63) is 29.5 Å². The number of nitrogens with one attached hydrogen (secondary N) is 1. The maximum absolute atomic E-state index is 12.4. The molecule has 1 aromatic heterocycles. The van der Waals surface area contributed by atoms with Gasteiger partial charge in [-0.3, -0.25) is 0 Å². The number of carbonyl (C=O) groups is 1. The SMILES string of the molecule is CC[NH+](CC)CCOC(=O)c1c(C)oc2ccc(OC)cc12. The van der Waals surface area contributed by atoms with E-state index in [2.05, 4.69) is 13.8 Å². The number of furan rings is 1. The highest BCUT2D eigenvalue weighted by atomic mass is 16.5. The number of esters is 1. The standard InChI is InChI=1S/C17H23NO4/c1-5-18(6-2)9-10-21-17(19)16-12(3)22-15-8-7-13(20-4)11-14(15)16/h7-8,11H,5-6,9-10H2,1-4H3/p+1. The summed E-state index contributed by atoms with van der Waals surface area (Å²) in [5.74, 6) is 0.925. The van der Waals surface area contributed by atoms with E-state index in [1.807, 2.05) is 6.07 Å². The smallest absolute Gasteiger partial charge is 0.342 e. The average Bonchev–Trinajstić information content (AvgIpc) is 2.86. The Morgan fingerprint density at radius 1 is 1.27 bits per heavy atom. The number of quaternary nitrogens is 1. The highest BCUT2D eigenvalue weighted by molar-refractivity contribution is 6.04. The van der Waals surface area contributed by atoms with Crippen LogP contribution in [-0.2, 0) is 4.74 Å². The summed E-state index contributed by atoms with van der Waals surface area (Å²) in [6.07, 6.45) is 0. The van der Waals surface area contributed by atoms with Gasteiger partial charge in [-0.25, -0.2) is 4.79 Å². The fourth-order valence-corrected chi connectivity index (χ4v) is 2.54. The van der Waals surface area contributed by atoms with Crippen molar-refractivity contribution in [2.24, 2.45) is 0 Å². The second-order valence-corrected chi connectivity index (χ2v) is 5.24. The van der Waals surface area contributed by atoms with Crippen molar-refractivity contribution in [2.45, 2.75) is 20.8 Å². The molecule has 0 aliphatic heterocycles. The van der Waals surface area contributed by atoms with Crippen molar-refractivity contribution in [1.29, 1.82) is 0 Å². The fraction of sp³-hybridized carbons (Fsp3) is 0.471. The molecule has 5 nitrogen and oxygen atoms in total. The lowest BCUT2D eigenvalue weighted by Gasteiger charge is -2.14. The first-order valence-corrected chi connectivity index (χ1v) is 7.68. The molecule has 120 valence electrons. The van der Waals surface area contributed by atoms with E-state index in [1.165, 1.54) is 4.90 Å². The van der Waals surface area contributed by atoms with Gasteiger partial charge in [0.25, 0.3) is 0 Å². The maximum atomic E-state index is 12.4. The van der Waals surface area contributed by atoms with E-state index in [9.17, 15) is 4.79 Å². The molecule has 0 spiro atoms. The molecule has 0 aliphatic rings. The summed E-state index contributed by atoms with van der Waals surface area (Å²) in [6.45, 7) is 9.31. The normalized spacial score (nSPS) is 11.1. The zero-order chi connectivity index (χ0) is 16.1. The molecule has 1 N–H and O–H groups in total. The molecule has 0 saturated heterocycles. The van der Waals surface area contributed by atoms with Crippen LogP contribution in [0.25, 0.3) is 11.0 Å². The van der Waals surface area contributed by atoms with Crippen LogP contribution in [0.5, 0.6) is 5.75 Å². The summed E-state index contributed by atoms with van der Waals surface area (Å²) < 4.78 is 16.3. The zero-order valence-electron chi connectivity index (χ0n) is 13.7. The Labute approximate surface area is 130 Å². The van der Waals surface area contributed by atoms with Gasteiger partial charge >= 0.3 is 5.97 Å². The summed E-state index contributed by atoms with van der Waals surface area (Å²) in [4.78, 5) is 13.8. The average molecular weight is 306 g/mol. The van der Waals surface area contributed by atoms with Gasteiger partial charge in [-0.15, -0.1) is 0 Å². The van der Waals surface area contributed by atoms with Gasteiger partial charge in [0.15, 0.2) is 0 Å². The summed E-state index contributed by atoms with van der Waals surface area (Å²) in [7, 11) is 1.60. The fourth-order valence-electron chi connectivity index (χ4n) is 2.54. The van der Waals surface area contributed by atoms with E-state index in [0.29, 0.717) is 29.3 Å². The van der Waals surface area contributed by atoms with Gasteiger partial charge < -0.3 is 18.8 Å². The van der Waals surface area contributed by atoms with Crippen molar-refractivity contribution >= 4 is 16.9 Å². The number of methoxy groups -OCH3 is 1. The number of hydrogen-bond donors (Lipinski definition) is 1. The molecule has 1 aromatic carbocycles. The van der Waals surface area contributed by atoms with E-state index >= 15 is 0 Å². The number of hydrogen-bond acceptors (Lipinski definition) is 4. The molecule has 0 atom stereocenters. The van der Waals surface area contributed by atoms with Gasteiger partial charge in [0.05, 0.1) is 20.2 Å². The van der Waals surface area contributed by atoms with Gasteiger partial charge in [0.2, 0.25) is 0 Å². The number of ether oxygens (including phenoxy) is 2. The Morgan fingerprint density at radius 2 is 2.00 bits per heavy atom. The number of likely N-dealkylation sites (N-methyl/N-ethyl adjacent to an activating group) is 1. The largest absolute Gasteiger partial charge is 0.497 e. The van der Waals surface area contributed by atoms with Crippen LogP contribution in [0.2, 0.25) is 0 Å². The van der Waals surface area contributed by atoms with Gasteiger partial charge in [-0.05, 0) is 39.0 Å². The lowest BCUT2D eigenvalue weighted by molar-refractivity contribution is -0.896. The molecule has 0 fully saturated rings. The maximum Gasteiger partial charge on any atom is 0.342 e. The number of rotatable bonds is 7. The van der Waals surface area contributed by atoms with Gasteiger partial charge in [0, 0.05) is 5.39 Å². The molecule has 1 heterocycles. The number of fused-ring (bicyclic) bond motifs is 1. The van der Waals surface area contributed by atoms with Gasteiger partial charge in [-0.1, -0.05) is 0 Å². The van der Waals surface area contributed by atoms with E-state index < -0.39 is 0 Å². The number of aryl methyl sites for hydroxylation is 1. The number of carbonyl (C=O) groups excluding carboxylic acids is 1. The van der Waals surface area contributed by atoms with E-state index in [1.54, 1.807) is 26.2 Å². The molecule has 0 amide bonds. The second-order valence-electron chi connectivity index (χ2n) is 5.24. The molecule has 0 radical (unpaired) electrons. The van der Waals surface area contributed by atoms with Crippen LogP contribution in [-0.4, -0.2) is 39.3 Å². The van der Waals surface area contributed by atoms with Crippen LogP contribution in [0.15, 0.2) is 22.6 Å². The lowest BCUT2D eigenvalue weighted by Crippen LogP contribution is -3.11. The summed E-state index contributed by atoms with van der Waals surface area (Å²) in [5, 5.41) is 0.733. The van der Waals surface area contributed by atoms with Crippen molar-refractivity contribution in [1.82, 2.24) is 0 Å². The minimum Gasteiger partial charge on any atom is -0.497 e. The molecule has 22 heavy (non-hydrogen) atoms. The lowest BCUT2D eigenvalue weighted by atomic mass is 10.1. The summed E-state index contributed by atoms with van der Waals surface area (Å²) >= 11 is 0.